The van der Waals surface area contributed by atoms with Gasteiger partial charge in [-0.3, -0.25) is 0 Å². The second kappa shape index (κ2) is 9.08. The highest BCUT2D eigenvalue weighted by Gasteiger charge is 2.09. The zero-order valence-electron chi connectivity index (χ0n) is 14.0. The number of benzene rings is 1. The van der Waals surface area contributed by atoms with Crippen molar-refractivity contribution in [3.05, 3.63) is 30.0 Å². The van der Waals surface area contributed by atoms with Crippen molar-refractivity contribution in [3.8, 4) is 11.5 Å². The Morgan fingerprint density at radius 3 is 2.48 bits per heavy atom. The zero-order chi connectivity index (χ0) is 16.5. The monoisotopic (exact) mass is 318 g/mol. The first-order valence-electron chi connectivity index (χ1n) is 8.38. The van der Waals surface area contributed by atoms with Crippen LogP contribution in [0.5, 0.6) is 11.5 Å². The molecule has 1 aromatic rings. The molecule has 1 saturated carbocycles. The SMILES string of the molecule is CCOc1ccc(NC(=O)NC=C2CCCCC2)cc1OCC. The average Bonchev–Trinajstić information content (AvgIpc) is 2.57. The number of ether oxygens (including phenoxy) is 2. The minimum Gasteiger partial charge on any atom is -0.490 e. The smallest absolute Gasteiger partial charge is 0.323 e. The molecule has 1 aromatic carbocycles. The summed E-state index contributed by atoms with van der Waals surface area (Å²) in [6.07, 6.45) is 7.72. The van der Waals surface area contributed by atoms with Gasteiger partial charge in [0.1, 0.15) is 0 Å². The van der Waals surface area contributed by atoms with E-state index in [4.69, 9.17) is 9.47 Å². The fourth-order valence-electron chi connectivity index (χ4n) is 2.61. The lowest BCUT2D eigenvalue weighted by Gasteiger charge is -2.14. The van der Waals surface area contributed by atoms with Crippen molar-refractivity contribution in [3.63, 3.8) is 0 Å². The minimum absolute atomic E-state index is 0.241. The maximum absolute atomic E-state index is 12.0. The van der Waals surface area contributed by atoms with Gasteiger partial charge >= 0.3 is 6.03 Å². The average molecular weight is 318 g/mol. The Hall–Kier alpha value is -2.17. The third-order valence-electron chi connectivity index (χ3n) is 3.70. The first-order chi connectivity index (χ1) is 11.2. The molecule has 0 aromatic heterocycles. The second-order valence-corrected chi connectivity index (χ2v) is 5.49. The number of carbonyl (C=O) groups is 1. The number of anilines is 1. The number of nitrogens with one attached hydrogen (secondary N) is 2. The van der Waals surface area contributed by atoms with Crippen molar-refractivity contribution in [1.82, 2.24) is 5.32 Å². The van der Waals surface area contributed by atoms with Gasteiger partial charge in [0.15, 0.2) is 11.5 Å². The van der Waals surface area contributed by atoms with Crippen LogP contribution in [-0.2, 0) is 0 Å². The van der Waals surface area contributed by atoms with Crippen LogP contribution < -0.4 is 20.1 Å². The van der Waals surface area contributed by atoms with E-state index in [9.17, 15) is 4.79 Å². The molecule has 0 aliphatic heterocycles. The lowest BCUT2D eigenvalue weighted by atomic mass is 9.96. The summed E-state index contributed by atoms with van der Waals surface area (Å²) >= 11 is 0. The molecule has 1 aliphatic rings. The van der Waals surface area contributed by atoms with Crippen LogP contribution in [0.25, 0.3) is 0 Å². The molecule has 0 radical (unpaired) electrons. The van der Waals surface area contributed by atoms with Crippen LogP contribution in [0.1, 0.15) is 46.0 Å². The largest absolute Gasteiger partial charge is 0.490 e. The van der Waals surface area contributed by atoms with E-state index in [0.717, 1.165) is 12.8 Å². The van der Waals surface area contributed by atoms with Crippen molar-refractivity contribution in [2.75, 3.05) is 18.5 Å². The topological polar surface area (TPSA) is 59.6 Å². The van der Waals surface area contributed by atoms with Crippen LogP contribution in [0, 0.1) is 0 Å². The van der Waals surface area contributed by atoms with Crippen molar-refractivity contribution >= 4 is 11.7 Å². The van der Waals surface area contributed by atoms with Crippen LogP contribution in [0.15, 0.2) is 30.0 Å². The summed E-state index contributed by atoms with van der Waals surface area (Å²) in [4.78, 5) is 12.0. The zero-order valence-corrected chi connectivity index (χ0v) is 14.0. The highest BCUT2D eigenvalue weighted by atomic mass is 16.5. The van der Waals surface area contributed by atoms with Crippen LogP contribution in [0.2, 0.25) is 0 Å². The van der Waals surface area contributed by atoms with E-state index < -0.39 is 0 Å². The third kappa shape index (κ3) is 5.51. The molecule has 2 rings (SSSR count). The van der Waals surface area contributed by atoms with Gasteiger partial charge in [0.25, 0.3) is 0 Å². The highest BCUT2D eigenvalue weighted by Crippen LogP contribution is 2.30. The Morgan fingerprint density at radius 1 is 1.09 bits per heavy atom. The van der Waals surface area contributed by atoms with Crippen LogP contribution in [-0.4, -0.2) is 19.2 Å². The van der Waals surface area contributed by atoms with Crippen molar-refractivity contribution in [1.29, 1.82) is 0 Å². The molecule has 0 saturated heterocycles. The van der Waals surface area contributed by atoms with E-state index in [-0.39, 0.29) is 6.03 Å². The summed E-state index contributed by atoms with van der Waals surface area (Å²) in [7, 11) is 0. The molecule has 0 unspecified atom stereocenters. The van der Waals surface area contributed by atoms with E-state index in [2.05, 4.69) is 10.6 Å². The summed E-state index contributed by atoms with van der Waals surface area (Å²) in [5, 5.41) is 5.63. The van der Waals surface area contributed by atoms with Crippen LogP contribution in [0.3, 0.4) is 0 Å². The Bertz CT molecular complexity index is 547. The van der Waals surface area contributed by atoms with Crippen molar-refractivity contribution in [2.24, 2.45) is 0 Å². The minimum atomic E-state index is -0.241. The molecule has 0 spiro atoms. The third-order valence-corrected chi connectivity index (χ3v) is 3.70. The maximum Gasteiger partial charge on any atom is 0.323 e. The van der Waals surface area contributed by atoms with Gasteiger partial charge in [-0.05, 0) is 51.7 Å². The summed E-state index contributed by atoms with van der Waals surface area (Å²) < 4.78 is 11.1. The molecule has 2 N–H and O–H groups in total. The van der Waals surface area contributed by atoms with Gasteiger partial charge in [0.05, 0.1) is 13.2 Å². The first-order valence-corrected chi connectivity index (χ1v) is 8.38. The standard InChI is InChI=1S/C18H26N2O3/c1-3-22-16-11-10-15(12-17(16)23-4-2)20-18(21)19-13-14-8-6-5-7-9-14/h10-13H,3-9H2,1-2H3,(H2,19,20,21). The van der Waals surface area contributed by atoms with E-state index in [1.807, 2.05) is 26.1 Å². The Morgan fingerprint density at radius 2 is 1.78 bits per heavy atom. The highest BCUT2D eigenvalue weighted by molar-refractivity contribution is 5.90. The quantitative estimate of drug-likeness (QED) is 0.814. The van der Waals surface area contributed by atoms with Gasteiger partial charge in [-0.1, -0.05) is 12.0 Å². The van der Waals surface area contributed by atoms with Gasteiger partial charge in [-0.25, -0.2) is 4.79 Å². The molecule has 0 bridgehead atoms. The predicted octanol–water partition coefficient (Wildman–Crippen LogP) is 4.45. The first kappa shape index (κ1) is 17.2. The predicted molar refractivity (Wildman–Crippen MR) is 92.1 cm³/mol. The van der Waals surface area contributed by atoms with Gasteiger partial charge in [-0.15, -0.1) is 0 Å². The number of amides is 2. The molecule has 126 valence electrons. The van der Waals surface area contributed by atoms with Gasteiger partial charge < -0.3 is 20.1 Å². The Balaban J connectivity index is 1.95. The number of hydrogen-bond donors (Lipinski definition) is 2. The van der Waals surface area contributed by atoms with Crippen molar-refractivity contribution in [2.45, 2.75) is 46.0 Å². The Kier molecular flexibility index (Phi) is 6.78. The summed E-state index contributed by atoms with van der Waals surface area (Å²) in [5.41, 5.74) is 1.99. The van der Waals surface area contributed by atoms with E-state index >= 15 is 0 Å². The fourth-order valence-corrected chi connectivity index (χ4v) is 2.61. The van der Waals surface area contributed by atoms with Gasteiger partial charge in [-0.2, -0.15) is 0 Å². The molecular formula is C18H26N2O3. The van der Waals surface area contributed by atoms with Crippen molar-refractivity contribution < 1.29 is 14.3 Å². The maximum atomic E-state index is 12.0. The van der Waals surface area contributed by atoms with Gasteiger partial charge in [0, 0.05) is 18.0 Å². The number of carbonyl (C=O) groups excluding carboxylic acids is 1. The Labute approximate surface area is 138 Å². The molecule has 1 fully saturated rings. The molecule has 1 aliphatic carbocycles. The molecule has 5 heteroatoms. The number of allylic oxidation sites excluding steroid dienone is 1. The van der Waals surface area contributed by atoms with E-state index in [1.165, 1.54) is 24.8 Å². The molecule has 0 heterocycles. The lowest BCUT2D eigenvalue weighted by molar-refractivity contribution is 0.255. The van der Waals surface area contributed by atoms with E-state index in [0.29, 0.717) is 30.4 Å². The molecule has 23 heavy (non-hydrogen) atoms. The summed E-state index contributed by atoms with van der Waals surface area (Å²) in [6, 6.07) is 5.15. The second-order valence-electron chi connectivity index (χ2n) is 5.49. The van der Waals surface area contributed by atoms with Gasteiger partial charge in [0.2, 0.25) is 0 Å². The molecular weight excluding hydrogens is 292 g/mol. The van der Waals surface area contributed by atoms with Crippen LogP contribution in [0.4, 0.5) is 10.5 Å². The molecule has 5 nitrogen and oxygen atoms in total. The molecule has 0 atom stereocenters. The van der Waals surface area contributed by atoms with Crippen LogP contribution >= 0.6 is 0 Å². The normalized spacial score (nSPS) is 14.1. The summed E-state index contributed by atoms with van der Waals surface area (Å²) in [6.45, 7) is 4.95. The fraction of sp³-hybridized carbons (Fsp3) is 0.500. The number of urea groups is 1. The van der Waals surface area contributed by atoms with E-state index in [1.54, 1.807) is 12.1 Å². The summed E-state index contributed by atoms with van der Waals surface area (Å²) in [5.74, 6) is 1.32. The number of rotatable bonds is 6. The molecule has 2 amide bonds. The number of hydrogen-bond acceptors (Lipinski definition) is 3. The lowest BCUT2D eigenvalue weighted by Crippen LogP contribution is -2.24.